The molecule has 0 spiro atoms. The lowest BCUT2D eigenvalue weighted by Gasteiger charge is -2.04. The number of hydrogen-bond acceptors (Lipinski definition) is 3. The van der Waals surface area contributed by atoms with Gasteiger partial charge in [0.1, 0.15) is 17.3 Å². The van der Waals surface area contributed by atoms with Gasteiger partial charge in [-0.05, 0) is 19.1 Å². The number of hydrogen-bond donors (Lipinski definition) is 1. The van der Waals surface area contributed by atoms with Crippen LogP contribution >= 0.6 is 11.3 Å². The van der Waals surface area contributed by atoms with Gasteiger partial charge < -0.3 is 5.32 Å². The predicted octanol–water partition coefficient (Wildman–Crippen LogP) is 3.23. The van der Waals surface area contributed by atoms with Crippen LogP contribution in [0.15, 0.2) is 30.6 Å². The van der Waals surface area contributed by atoms with Gasteiger partial charge in [-0.15, -0.1) is 11.3 Å². The number of halogens is 2. The molecule has 3 rings (SSSR count). The molecule has 2 aromatic heterocycles. The lowest BCUT2D eigenvalue weighted by molar-refractivity contribution is 0.102. The number of amides is 1. The molecule has 1 N–H and O–H groups in total. The second-order valence-electron chi connectivity index (χ2n) is 4.24. The highest BCUT2D eigenvalue weighted by atomic mass is 32.1. The third-order valence-electron chi connectivity index (χ3n) is 2.68. The molecule has 0 saturated heterocycles. The van der Waals surface area contributed by atoms with Crippen LogP contribution in [0.5, 0.6) is 0 Å². The van der Waals surface area contributed by atoms with Gasteiger partial charge in [-0.1, -0.05) is 0 Å². The van der Waals surface area contributed by atoms with Gasteiger partial charge in [0, 0.05) is 23.3 Å². The van der Waals surface area contributed by atoms with E-state index in [1.54, 1.807) is 10.6 Å². The molecule has 4 nitrogen and oxygen atoms in total. The van der Waals surface area contributed by atoms with Crippen LogP contribution in [0.4, 0.5) is 14.5 Å². The van der Waals surface area contributed by atoms with Gasteiger partial charge in [0.2, 0.25) is 0 Å². The fraction of sp³-hybridized carbons (Fsp3) is 0.0769. The molecular formula is C13H9F2N3OS. The van der Waals surface area contributed by atoms with Gasteiger partial charge in [0.05, 0.1) is 5.69 Å². The lowest BCUT2D eigenvalue weighted by Crippen LogP contribution is -2.13. The highest BCUT2D eigenvalue weighted by Gasteiger charge is 2.14. The van der Waals surface area contributed by atoms with Crippen LogP contribution in [0.1, 0.15) is 15.4 Å². The third-order valence-corrected chi connectivity index (χ3v) is 3.60. The second kappa shape index (κ2) is 4.68. The minimum Gasteiger partial charge on any atom is -0.318 e. The number of fused-ring (bicyclic) bond motifs is 1. The molecule has 3 aromatic rings. The Labute approximate surface area is 116 Å². The summed E-state index contributed by atoms with van der Waals surface area (Å²) in [5.41, 5.74) is 0.101. The molecule has 0 fully saturated rings. The summed E-state index contributed by atoms with van der Waals surface area (Å²) in [6.07, 6.45) is 3.41. The van der Waals surface area contributed by atoms with E-state index in [1.807, 2.05) is 13.1 Å². The fourth-order valence-electron chi connectivity index (χ4n) is 1.80. The summed E-state index contributed by atoms with van der Waals surface area (Å²) < 4.78 is 28.0. The average molecular weight is 293 g/mol. The zero-order chi connectivity index (χ0) is 14.3. The van der Waals surface area contributed by atoms with E-state index in [0.29, 0.717) is 11.0 Å². The molecular weight excluding hydrogens is 284 g/mol. The quantitative estimate of drug-likeness (QED) is 0.788. The number of rotatable bonds is 2. The van der Waals surface area contributed by atoms with Gasteiger partial charge in [0.25, 0.3) is 5.91 Å². The number of imidazole rings is 1. The molecule has 7 heteroatoms. The highest BCUT2D eigenvalue weighted by Crippen LogP contribution is 2.19. The zero-order valence-electron chi connectivity index (χ0n) is 10.4. The van der Waals surface area contributed by atoms with Gasteiger partial charge in [0.15, 0.2) is 4.96 Å². The Balaban J connectivity index is 1.86. The molecule has 2 heterocycles. The van der Waals surface area contributed by atoms with Crippen molar-refractivity contribution < 1.29 is 13.6 Å². The number of carbonyl (C=O) groups excluding carboxylic acids is 1. The molecule has 0 unspecified atom stereocenters. The maximum absolute atomic E-state index is 13.4. The topological polar surface area (TPSA) is 46.4 Å². The molecule has 0 aliphatic rings. The van der Waals surface area contributed by atoms with Crippen LogP contribution in [0.3, 0.4) is 0 Å². The first kappa shape index (κ1) is 12.7. The van der Waals surface area contributed by atoms with Crippen LogP contribution in [0.2, 0.25) is 0 Å². The normalized spacial score (nSPS) is 10.9. The van der Waals surface area contributed by atoms with Gasteiger partial charge >= 0.3 is 0 Å². The third kappa shape index (κ3) is 2.27. The molecule has 0 saturated carbocycles. The van der Waals surface area contributed by atoms with Crippen molar-refractivity contribution in [3.63, 3.8) is 0 Å². The Hall–Kier alpha value is -2.28. The van der Waals surface area contributed by atoms with E-state index in [4.69, 9.17) is 0 Å². The van der Waals surface area contributed by atoms with Crippen molar-refractivity contribution in [2.45, 2.75) is 6.92 Å². The van der Waals surface area contributed by atoms with E-state index in [2.05, 4.69) is 10.3 Å². The number of anilines is 1. The Morgan fingerprint density at radius 2 is 2.15 bits per heavy atom. The van der Waals surface area contributed by atoms with Crippen LogP contribution in [0.25, 0.3) is 4.96 Å². The monoisotopic (exact) mass is 293 g/mol. The molecule has 0 atom stereocenters. The summed E-state index contributed by atoms with van der Waals surface area (Å²) in [5.74, 6) is -2.06. The highest BCUT2D eigenvalue weighted by molar-refractivity contribution is 7.17. The van der Waals surface area contributed by atoms with Crippen molar-refractivity contribution in [1.29, 1.82) is 0 Å². The summed E-state index contributed by atoms with van der Waals surface area (Å²) in [6, 6.07) is 2.96. The number of aromatic nitrogens is 2. The minimum atomic E-state index is -0.824. The maximum atomic E-state index is 13.4. The summed E-state index contributed by atoms with van der Waals surface area (Å²) in [6.45, 7) is 1.94. The average Bonchev–Trinajstić information content (AvgIpc) is 2.89. The van der Waals surface area contributed by atoms with Crippen molar-refractivity contribution >= 4 is 27.9 Å². The molecule has 0 bridgehead atoms. The van der Waals surface area contributed by atoms with Gasteiger partial charge in [-0.3, -0.25) is 9.20 Å². The van der Waals surface area contributed by atoms with E-state index in [-0.39, 0.29) is 11.4 Å². The summed E-state index contributed by atoms with van der Waals surface area (Å²) in [7, 11) is 0. The number of benzene rings is 1. The molecule has 102 valence electrons. The summed E-state index contributed by atoms with van der Waals surface area (Å²) in [4.78, 5) is 17.9. The maximum Gasteiger partial charge on any atom is 0.275 e. The largest absolute Gasteiger partial charge is 0.318 e. The Bertz CT molecular complexity index is 778. The Morgan fingerprint density at radius 1 is 1.35 bits per heavy atom. The van der Waals surface area contributed by atoms with E-state index in [0.717, 1.165) is 10.9 Å². The molecule has 1 amide bonds. The SMILES string of the molecule is Cc1cn2cc(C(=O)Nc3ccc(F)cc3F)nc2s1. The van der Waals surface area contributed by atoms with E-state index in [1.165, 1.54) is 17.4 Å². The lowest BCUT2D eigenvalue weighted by atomic mass is 10.3. The van der Waals surface area contributed by atoms with Gasteiger partial charge in [-0.2, -0.15) is 0 Å². The van der Waals surface area contributed by atoms with Crippen LogP contribution < -0.4 is 5.32 Å². The summed E-state index contributed by atoms with van der Waals surface area (Å²) in [5, 5.41) is 2.37. The van der Waals surface area contributed by atoms with E-state index >= 15 is 0 Å². The van der Waals surface area contributed by atoms with Crippen molar-refractivity contribution in [2.24, 2.45) is 0 Å². The molecule has 0 aliphatic carbocycles. The smallest absolute Gasteiger partial charge is 0.275 e. The predicted molar refractivity (Wildman–Crippen MR) is 72.1 cm³/mol. The number of nitrogens with one attached hydrogen (secondary N) is 1. The van der Waals surface area contributed by atoms with Crippen LogP contribution in [0, 0.1) is 18.6 Å². The van der Waals surface area contributed by atoms with E-state index < -0.39 is 17.5 Å². The zero-order valence-corrected chi connectivity index (χ0v) is 11.2. The second-order valence-corrected chi connectivity index (χ2v) is 5.45. The molecule has 0 radical (unpaired) electrons. The van der Waals surface area contributed by atoms with Crippen LogP contribution in [-0.2, 0) is 0 Å². The van der Waals surface area contributed by atoms with E-state index in [9.17, 15) is 13.6 Å². The Morgan fingerprint density at radius 3 is 2.85 bits per heavy atom. The Kier molecular flexibility index (Phi) is 2.98. The number of thiazole rings is 1. The fourth-order valence-corrected chi connectivity index (χ4v) is 2.61. The number of nitrogens with zero attached hydrogens (tertiary/aromatic N) is 2. The van der Waals surface area contributed by atoms with Crippen molar-refractivity contribution in [1.82, 2.24) is 9.38 Å². The standard InChI is InChI=1S/C13H9F2N3OS/c1-7-5-18-6-11(17-13(18)20-7)12(19)16-10-3-2-8(14)4-9(10)15/h2-6H,1H3,(H,16,19). The molecule has 20 heavy (non-hydrogen) atoms. The number of carbonyl (C=O) groups is 1. The first-order valence-corrected chi connectivity index (χ1v) is 6.56. The molecule has 1 aromatic carbocycles. The van der Waals surface area contributed by atoms with Crippen molar-refractivity contribution in [3.8, 4) is 0 Å². The number of aryl methyl sites for hydroxylation is 1. The summed E-state index contributed by atoms with van der Waals surface area (Å²) >= 11 is 1.45. The minimum absolute atomic E-state index is 0.0797. The van der Waals surface area contributed by atoms with Crippen LogP contribution in [-0.4, -0.2) is 15.3 Å². The van der Waals surface area contributed by atoms with Gasteiger partial charge in [-0.25, -0.2) is 13.8 Å². The first-order chi connectivity index (χ1) is 9.52. The molecule has 0 aliphatic heterocycles. The van der Waals surface area contributed by atoms with Crippen molar-refractivity contribution in [2.75, 3.05) is 5.32 Å². The first-order valence-electron chi connectivity index (χ1n) is 5.74. The van der Waals surface area contributed by atoms with Crippen molar-refractivity contribution in [3.05, 3.63) is 52.8 Å².